The molecule has 0 aromatic rings. The van der Waals surface area contributed by atoms with E-state index >= 15 is 0 Å². The molecule has 0 aromatic heterocycles. The molecule has 6 atom stereocenters. The molecule has 2 saturated carbocycles. The second-order valence-corrected chi connectivity index (χ2v) is 8.45. The summed E-state index contributed by atoms with van der Waals surface area (Å²) in [6.45, 7) is 6.63. The van der Waals surface area contributed by atoms with Gasteiger partial charge in [-0.05, 0) is 50.9 Å². The molecule has 0 amide bonds. The summed E-state index contributed by atoms with van der Waals surface area (Å²) in [5, 5.41) is 0. The average molecular weight is 294 g/mol. The van der Waals surface area contributed by atoms with E-state index in [1.165, 1.54) is 0 Å². The molecule has 0 radical (unpaired) electrons. The van der Waals surface area contributed by atoms with Gasteiger partial charge >= 0.3 is 5.97 Å². The van der Waals surface area contributed by atoms with E-state index < -0.39 is 0 Å². The van der Waals surface area contributed by atoms with Gasteiger partial charge in [0.15, 0.2) is 0 Å². The standard InChI is InChI=1S/C17H26O4/c1-16(2)8-13(14-17(3,9-16)21-14)20-15(18)10-5-4-6-11-12(7-10)19-11/h10-14H,4-9H2,1-3H3. The molecule has 118 valence electrons. The highest BCUT2D eigenvalue weighted by atomic mass is 16.6. The number of esters is 1. The Morgan fingerprint density at radius 2 is 2.00 bits per heavy atom. The zero-order valence-electron chi connectivity index (χ0n) is 13.3. The second kappa shape index (κ2) is 4.45. The Labute approximate surface area is 126 Å². The molecule has 6 unspecified atom stereocenters. The largest absolute Gasteiger partial charge is 0.459 e. The summed E-state index contributed by atoms with van der Waals surface area (Å²) < 4.78 is 17.3. The maximum atomic E-state index is 12.5. The number of hydrogen-bond donors (Lipinski definition) is 0. The van der Waals surface area contributed by atoms with Crippen molar-refractivity contribution in [3.63, 3.8) is 0 Å². The Kier molecular flexibility index (Phi) is 2.97. The van der Waals surface area contributed by atoms with Crippen LogP contribution in [0.2, 0.25) is 0 Å². The highest BCUT2D eigenvalue weighted by molar-refractivity contribution is 5.73. The molecule has 0 N–H and O–H groups in total. The molecule has 2 saturated heterocycles. The molecule has 4 nitrogen and oxygen atoms in total. The third-order valence-electron chi connectivity index (χ3n) is 5.71. The van der Waals surface area contributed by atoms with Gasteiger partial charge in [0.2, 0.25) is 0 Å². The molecular weight excluding hydrogens is 268 g/mol. The molecule has 21 heavy (non-hydrogen) atoms. The van der Waals surface area contributed by atoms with Gasteiger partial charge in [-0.1, -0.05) is 13.8 Å². The van der Waals surface area contributed by atoms with Crippen LogP contribution in [0.3, 0.4) is 0 Å². The average Bonchev–Trinajstić information content (AvgIpc) is 3.19. The molecule has 2 aliphatic carbocycles. The Balaban J connectivity index is 1.40. The SMILES string of the molecule is CC1(C)CC(OC(=O)C2CCCC3OC3C2)C2OC2(C)C1. The Bertz CT molecular complexity index is 457. The van der Waals surface area contributed by atoms with Crippen molar-refractivity contribution in [1.29, 1.82) is 0 Å². The number of carbonyl (C=O) groups excluding carboxylic acids is 1. The molecular formula is C17H26O4. The summed E-state index contributed by atoms with van der Waals surface area (Å²) in [6, 6.07) is 0. The van der Waals surface area contributed by atoms with Crippen molar-refractivity contribution in [2.45, 2.75) is 89.3 Å². The maximum Gasteiger partial charge on any atom is 0.309 e. The number of fused-ring (bicyclic) bond motifs is 2. The second-order valence-electron chi connectivity index (χ2n) is 8.45. The lowest BCUT2D eigenvalue weighted by Gasteiger charge is -2.35. The quantitative estimate of drug-likeness (QED) is 0.580. The van der Waals surface area contributed by atoms with Crippen LogP contribution < -0.4 is 0 Å². The van der Waals surface area contributed by atoms with E-state index in [0.29, 0.717) is 12.2 Å². The van der Waals surface area contributed by atoms with Crippen molar-refractivity contribution in [3.8, 4) is 0 Å². The first-order valence-electron chi connectivity index (χ1n) is 8.40. The monoisotopic (exact) mass is 294 g/mol. The zero-order chi connectivity index (χ0) is 14.8. The third kappa shape index (κ3) is 2.61. The van der Waals surface area contributed by atoms with Gasteiger partial charge < -0.3 is 14.2 Å². The first-order chi connectivity index (χ1) is 9.86. The Morgan fingerprint density at radius 3 is 2.81 bits per heavy atom. The molecule has 0 bridgehead atoms. The van der Waals surface area contributed by atoms with Crippen LogP contribution in [0.1, 0.15) is 59.3 Å². The van der Waals surface area contributed by atoms with Crippen LogP contribution in [-0.4, -0.2) is 36.0 Å². The van der Waals surface area contributed by atoms with Crippen LogP contribution in [0, 0.1) is 11.3 Å². The minimum atomic E-state index is -0.0686. The molecule has 4 heteroatoms. The van der Waals surface area contributed by atoms with Gasteiger partial charge in [-0.2, -0.15) is 0 Å². The van der Waals surface area contributed by atoms with Gasteiger partial charge in [-0.25, -0.2) is 0 Å². The molecule has 4 aliphatic rings. The van der Waals surface area contributed by atoms with E-state index in [-0.39, 0.29) is 35.1 Å². The van der Waals surface area contributed by atoms with Crippen LogP contribution >= 0.6 is 0 Å². The summed E-state index contributed by atoms with van der Waals surface area (Å²) in [5.41, 5.74) is 0.113. The van der Waals surface area contributed by atoms with E-state index in [2.05, 4.69) is 20.8 Å². The van der Waals surface area contributed by atoms with Gasteiger partial charge in [0.1, 0.15) is 12.2 Å². The van der Waals surface area contributed by atoms with Crippen molar-refractivity contribution >= 4 is 5.97 Å². The van der Waals surface area contributed by atoms with Crippen molar-refractivity contribution in [2.75, 3.05) is 0 Å². The molecule has 4 rings (SSSR count). The molecule has 0 aromatic carbocycles. The fourth-order valence-electron chi connectivity index (χ4n) is 4.71. The van der Waals surface area contributed by atoms with Crippen molar-refractivity contribution in [1.82, 2.24) is 0 Å². The third-order valence-corrected chi connectivity index (χ3v) is 5.71. The van der Waals surface area contributed by atoms with Gasteiger partial charge in [0.05, 0.1) is 23.7 Å². The number of epoxide rings is 2. The predicted molar refractivity (Wildman–Crippen MR) is 76.8 cm³/mol. The molecule has 2 aliphatic heterocycles. The van der Waals surface area contributed by atoms with Crippen LogP contribution in [0.4, 0.5) is 0 Å². The maximum absolute atomic E-state index is 12.5. The Morgan fingerprint density at radius 1 is 1.19 bits per heavy atom. The van der Waals surface area contributed by atoms with E-state index in [1.54, 1.807) is 0 Å². The lowest BCUT2D eigenvalue weighted by Crippen LogP contribution is -2.41. The summed E-state index contributed by atoms with van der Waals surface area (Å²) in [7, 11) is 0. The number of ether oxygens (including phenoxy) is 3. The Hall–Kier alpha value is -0.610. The van der Waals surface area contributed by atoms with Crippen LogP contribution in [0.5, 0.6) is 0 Å². The number of carbonyl (C=O) groups is 1. The lowest BCUT2D eigenvalue weighted by molar-refractivity contribution is -0.158. The summed E-state index contributed by atoms with van der Waals surface area (Å²) in [4.78, 5) is 12.5. The van der Waals surface area contributed by atoms with Crippen molar-refractivity contribution in [3.05, 3.63) is 0 Å². The van der Waals surface area contributed by atoms with Gasteiger partial charge in [0, 0.05) is 0 Å². The lowest BCUT2D eigenvalue weighted by atomic mass is 9.71. The highest BCUT2D eigenvalue weighted by Crippen LogP contribution is 2.55. The minimum absolute atomic E-state index is 0.0216. The molecule has 0 spiro atoms. The van der Waals surface area contributed by atoms with E-state index in [1.807, 2.05) is 0 Å². The summed E-state index contributed by atoms with van der Waals surface area (Å²) in [5.74, 6) is 0.00393. The first-order valence-corrected chi connectivity index (χ1v) is 8.40. The fraction of sp³-hybridized carbons (Fsp3) is 0.941. The zero-order valence-corrected chi connectivity index (χ0v) is 13.3. The molecule has 4 fully saturated rings. The van der Waals surface area contributed by atoms with Crippen LogP contribution in [0.25, 0.3) is 0 Å². The first kappa shape index (κ1) is 14.0. The predicted octanol–water partition coefficient (Wildman–Crippen LogP) is 2.83. The van der Waals surface area contributed by atoms with Crippen LogP contribution in [-0.2, 0) is 19.0 Å². The van der Waals surface area contributed by atoms with Gasteiger partial charge in [-0.15, -0.1) is 0 Å². The molecule has 2 heterocycles. The topological polar surface area (TPSA) is 51.4 Å². The van der Waals surface area contributed by atoms with E-state index in [4.69, 9.17) is 14.2 Å². The number of hydrogen-bond acceptors (Lipinski definition) is 4. The summed E-state index contributed by atoms with van der Waals surface area (Å²) in [6.07, 6.45) is 6.74. The van der Waals surface area contributed by atoms with Gasteiger partial charge in [0.25, 0.3) is 0 Å². The van der Waals surface area contributed by atoms with Crippen molar-refractivity contribution in [2.24, 2.45) is 11.3 Å². The summed E-state index contributed by atoms with van der Waals surface area (Å²) >= 11 is 0. The smallest absolute Gasteiger partial charge is 0.309 e. The number of rotatable bonds is 2. The minimum Gasteiger partial charge on any atom is -0.459 e. The normalized spacial score (nSPS) is 50.3. The highest BCUT2D eigenvalue weighted by Gasteiger charge is 2.63. The van der Waals surface area contributed by atoms with Crippen LogP contribution in [0.15, 0.2) is 0 Å². The van der Waals surface area contributed by atoms with E-state index in [0.717, 1.165) is 38.5 Å². The fourth-order valence-corrected chi connectivity index (χ4v) is 4.71. The van der Waals surface area contributed by atoms with Gasteiger partial charge in [-0.3, -0.25) is 4.79 Å². The van der Waals surface area contributed by atoms with E-state index in [9.17, 15) is 4.79 Å². The van der Waals surface area contributed by atoms with Crippen molar-refractivity contribution < 1.29 is 19.0 Å².